The van der Waals surface area contributed by atoms with Gasteiger partial charge in [0.1, 0.15) is 11.4 Å². The number of nitrogens with one attached hydrogen (secondary N) is 1. The van der Waals surface area contributed by atoms with E-state index in [1.165, 1.54) is 18.1 Å². The van der Waals surface area contributed by atoms with Gasteiger partial charge in [0.25, 0.3) is 0 Å². The predicted octanol–water partition coefficient (Wildman–Crippen LogP) is 2.64. The van der Waals surface area contributed by atoms with E-state index in [-0.39, 0.29) is 23.8 Å². The average Bonchev–Trinajstić information content (AvgIpc) is 3.24. The third-order valence-electron chi connectivity index (χ3n) is 5.06. The fraction of sp³-hybridized carbons (Fsp3) is 0.381. The Hall–Kier alpha value is -3.14. The number of benzene rings is 1. The van der Waals surface area contributed by atoms with Crippen LogP contribution in [0.4, 0.5) is 4.79 Å². The van der Waals surface area contributed by atoms with Gasteiger partial charge in [-0.25, -0.2) is 19.4 Å². The van der Waals surface area contributed by atoms with Crippen LogP contribution in [0.3, 0.4) is 0 Å². The van der Waals surface area contributed by atoms with E-state index in [1.807, 2.05) is 30.3 Å². The van der Waals surface area contributed by atoms with Crippen LogP contribution in [0.25, 0.3) is 16.7 Å². The molecule has 0 atom stereocenters. The minimum atomic E-state index is -0.286. The summed E-state index contributed by atoms with van der Waals surface area (Å²) >= 11 is 1.37. The van der Waals surface area contributed by atoms with Crippen molar-refractivity contribution < 1.29 is 14.3 Å². The molecule has 0 spiro atoms. The molecule has 0 saturated carbocycles. The van der Waals surface area contributed by atoms with Crippen molar-refractivity contribution in [3.63, 3.8) is 0 Å². The zero-order valence-electron chi connectivity index (χ0n) is 17.2. The summed E-state index contributed by atoms with van der Waals surface area (Å²) in [6, 6.07) is 9.82. The molecule has 3 aromatic rings. The van der Waals surface area contributed by atoms with Crippen LogP contribution in [0.15, 0.2) is 47.9 Å². The molecule has 0 aliphatic carbocycles. The molecular formula is C21H24N6O3S. The summed E-state index contributed by atoms with van der Waals surface area (Å²) in [6.07, 6.45) is 4.38. The van der Waals surface area contributed by atoms with Gasteiger partial charge in [0.2, 0.25) is 5.91 Å². The lowest BCUT2D eigenvalue weighted by Gasteiger charge is -2.31. The maximum Gasteiger partial charge on any atom is 0.409 e. The lowest BCUT2D eigenvalue weighted by molar-refractivity contribution is -0.119. The van der Waals surface area contributed by atoms with Crippen LogP contribution in [0.5, 0.6) is 0 Å². The van der Waals surface area contributed by atoms with Crippen molar-refractivity contribution in [2.24, 2.45) is 0 Å². The molecule has 31 heavy (non-hydrogen) atoms. The molecule has 9 nitrogen and oxygen atoms in total. The van der Waals surface area contributed by atoms with Crippen LogP contribution in [0.1, 0.15) is 19.8 Å². The fourth-order valence-corrected chi connectivity index (χ4v) is 4.29. The summed E-state index contributed by atoms with van der Waals surface area (Å²) < 4.78 is 6.79. The van der Waals surface area contributed by atoms with Crippen LogP contribution in [0, 0.1) is 0 Å². The fourth-order valence-electron chi connectivity index (χ4n) is 3.52. The molecule has 0 unspecified atom stereocenters. The van der Waals surface area contributed by atoms with Crippen molar-refractivity contribution in [2.45, 2.75) is 30.8 Å². The van der Waals surface area contributed by atoms with Gasteiger partial charge in [-0.2, -0.15) is 5.10 Å². The minimum absolute atomic E-state index is 0.0539. The SMILES string of the molecule is CCOC(=O)N1CCC(NC(=O)CSc2ncnc3c2cnn3-c2ccccc2)CC1. The van der Waals surface area contributed by atoms with Gasteiger partial charge in [0, 0.05) is 19.1 Å². The normalized spacial score (nSPS) is 14.5. The van der Waals surface area contributed by atoms with Crippen molar-refractivity contribution in [1.29, 1.82) is 0 Å². The van der Waals surface area contributed by atoms with Gasteiger partial charge in [-0.1, -0.05) is 30.0 Å². The Morgan fingerprint density at radius 3 is 2.71 bits per heavy atom. The average molecular weight is 441 g/mol. The number of hydrogen-bond acceptors (Lipinski definition) is 7. The quantitative estimate of drug-likeness (QED) is 0.464. The second kappa shape index (κ2) is 9.78. The van der Waals surface area contributed by atoms with E-state index in [0.29, 0.717) is 25.3 Å². The monoisotopic (exact) mass is 440 g/mol. The van der Waals surface area contributed by atoms with E-state index in [9.17, 15) is 9.59 Å². The Morgan fingerprint density at radius 1 is 1.19 bits per heavy atom. The molecule has 1 N–H and O–H groups in total. The van der Waals surface area contributed by atoms with Crippen LogP contribution in [-0.2, 0) is 9.53 Å². The molecule has 3 heterocycles. The Morgan fingerprint density at radius 2 is 1.97 bits per heavy atom. The molecule has 4 rings (SSSR count). The molecule has 2 aromatic heterocycles. The topological polar surface area (TPSA) is 102 Å². The van der Waals surface area contributed by atoms with Gasteiger partial charge in [-0.3, -0.25) is 4.79 Å². The number of hydrogen-bond donors (Lipinski definition) is 1. The number of carbonyl (C=O) groups excluding carboxylic acids is 2. The summed E-state index contributed by atoms with van der Waals surface area (Å²) in [5.74, 6) is 0.197. The van der Waals surface area contributed by atoms with Crippen molar-refractivity contribution in [1.82, 2.24) is 30.0 Å². The predicted molar refractivity (Wildman–Crippen MR) is 117 cm³/mol. The summed E-state index contributed by atoms with van der Waals surface area (Å²) in [5, 5.41) is 9.03. The van der Waals surface area contributed by atoms with Crippen LogP contribution in [-0.4, -0.2) is 68.1 Å². The maximum atomic E-state index is 12.5. The number of rotatable bonds is 6. The van der Waals surface area contributed by atoms with E-state index in [2.05, 4.69) is 20.4 Å². The zero-order valence-corrected chi connectivity index (χ0v) is 18.0. The molecule has 0 bridgehead atoms. The molecule has 1 aliphatic rings. The molecule has 162 valence electrons. The highest BCUT2D eigenvalue weighted by molar-refractivity contribution is 8.00. The van der Waals surface area contributed by atoms with E-state index in [1.54, 1.807) is 22.7 Å². The lowest BCUT2D eigenvalue weighted by atomic mass is 10.1. The van der Waals surface area contributed by atoms with E-state index in [0.717, 1.165) is 28.9 Å². The lowest BCUT2D eigenvalue weighted by Crippen LogP contribution is -2.47. The largest absolute Gasteiger partial charge is 0.450 e. The number of para-hydroxylation sites is 1. The second-order valence-electron chi connectivity index (χ2n) is 7.12. The number of fused-ring (bicyclic) bond motifs is 1. The molecular weight excluding hydrogens is 416 g/mol. The standard InChI is InChI=1S/C21H24N6O3S/c1-2-30-21(29)26-10-8-15(9-11-26)25-18(28)13-31-20-17-12-24-27(19(17)22-14-23-20)16-6-4-3-5-7-16/h3-7,12,14-15H,2,8-11,13H2,1H3,(H,25,28). The number of amides is 2. The number of nitrogens with zero attached hydrogens (tertiary/aromatic N) is 5. The van der Waals surface area contributed by atoms with Gasteiger partial charge in [0.15, 0.2) is 5.65 Å². The van der Waals surface area contributed by atoms with Crippen LogP contribution >= 0.6 is 11.8 Å². The van der Waals surface area contributed by atoms with Gasteiger partial charge in [-0.15, -0.1) is 0 Å². The molecule has 1 aliphatic heterocycles. The second-order valence-corrected chi connectivity index (χ2v) is 8.09. The van der Waals surface area contributed by atoms with Crippen LogP contribution in [0.2, 0.25) is 0 Å². The highest BCUT2D eigenvalue weighted by atomic mass is 32.2. The van der Waals surface area contributed by atoms with Gasteiger partial charge in [0.05, 0.1) is 29.6 Å². The number of thioether (sulfide) groups is 1. The molecule has 1 saturated heterocycles. The van der Waals surface area contributed by atoms with Crippen molar-refractivity contribution in [2.75, 3.05) is 25.4 Å². The van der Waals surface area contributed by atoms with E-state index < -0.39 is 0 Å². The molecule has 10 heteroatoms. The summed E-state index contributed by atoms with van der Waals surface area (Å²) in [7, 11) is 0. The van der Waals surface area contributed by atoms with E-state index >= 15 is 0 Å². The minimum Gasteiger partial charge on any atom is -0.450 e. The first kappa shape index (κ1) is 21.1. The smallest absolute Gasteiger partial charge is 0.409 e. The van der Waals surface area contributed by atoms with E-state index in [4.69, 9.17) is 4.74 Å². The summed E-state index contributed by atoms with van der Waals surface area (Å²) in [6.45, 7) is 3.33. The summed E-state index contributed by atoms with van der Waals surface area (Å²) in [5.41, 5.74) is 1.62. The van der Waals surface area contributed by atoms with Gasteiger partial charge in [-0.05, 0) is 31.9 Å². The first-order valence-corrected chi connectivity index (χ1v) is 11.2. The summed E-state index contributed by atoms with van der Waals surface area (Å²) in [4.78, 5) is 34.6. The maximum absolute atomic E-state index is 12.5. The number of likely N-dealkylation sites (tertiary alicyclic amines) is 1. The van der Waals surface area contributed by atoms with Crippen molar-refractivity contribution >= 4 is 34.8 Å². The van der Waals surface area contributed by atoms with Crippen molar-refractivity contribution in [3.8, 4) is 5.69 Å². The Kier molecular flexibility index (Phi) is 6.66. The molecule has 2 amide bonds. The molecule has 1 aromatic carbocycles. The highest BCUT2D eigenvalue weighted by Gasteiger charge is 2.24. The van der Waals surface area contributed by atoms with Gasteiger partial charge < -0.3 is 15.0 Å². The number of carbonyl (C=O) groups is 2. The Balaban J connectivity index is 1.33. The first-order chi connectivity index (χ1) is 15.2. The van der Waals surface area contributed by atoms with Gasteiger partial charge >= 0.3 is 6.09 Å². The Bertz CT molecular complexity index is 1050. The van der Waals surface area contributed by atoms with Crippen LogP contribution < -0.4 is 5.32 Å². The van der Waals surface area contributed by atoms with Crippen molar-refractivity contribution in [3.05, 3.63) is 42.9 Å². The third kappa shape index (κ3) is 4.96. The highest BCUT2D eigenvalue weighted by Crippen LogP contribution is 2.25. The zero-order chi connectivity index (χ0) is 21.6. The number of ether oxygens (including phenoxy) is 1. The first-order valence-electron chi connectivity index (χ1n) is 10.2. The third-order valence-corrected chi connectivity index (χ3v) is 6.06. The molecule has 0 radical (unpaired) electrons. The number of piperidine rings is 1. The molecule has 1 fully saturated rings. The number of aromatic nitrogens is 4. The Labute approximate surface area is 184 Å².